The lowest BCUT2D eigenvalue weighted by Crippen LogP contribution is -2.36. The fourth-order valence-electron chi connectivity index (χ4n) is 2.71. The van der Waals surface area contributed by atoms with Gasteiger partial charge in [-0.1, -0.05) is 31.4 Å². The minimum absolute atomic E-state index is 0.272. The standard InChI is InChI=1S/C17H25NO3/c19-16-11-9-14(10-12-16)6-4-5-13-21-17(20)18-15-7-2-1-3-8-15/h9-12,15,19H,1-8,13H2,(H,18,20). The van der Waals surface area contributed by atoms with Crippen LogP contribution < -0.4 is 5.32 Å². The molecule has 21 heavy (non-hydrogen) atoms. The van der Waals surface area contributed by atoms with Crippen LogP contribution in [0, 0.1) is 0 Å². The molecule has 0 bridgehead atoms. The van der Waals surface area contributed by atoms with Crippen molar-refractivity contribution in [3.63, 3.8) is 0 Å². The lowest BCUT2D eigenvalue weighted by molar-refractivity contribution is 0.137. The van der Waals surface area contributed by atoms with Gasteiger partial charge in [0.25, 0.3) is 0 Å². The second-order valence-corrected chi connectivity index (χ2v) is 5.74. The summed E-state index contributed by atoms with van der Waals surface area (Å²) < 4.78 is 5.21. The molecule has 0 atom stereocenters. The van der Waals surface area contributed by atoms with Crippen LogP contribution in [-0.2, 0) is 11.2 Å². The predicted molar refractivity (Wildman–Crippen MR) is 82.4 cm³/mol. The number of nitrogens with one attached hydrogen (secondary N) is 1. The maximum Gasteiger partial charge on any atom is 0.407 e. The molecule has 1 aliphatic carbocycles. The van der Waals surface area contributed by atoms with E-state index in [2.05, 4.69) is 5.32 Å². The molecule has 2 rings (SSSR count). The van der Waals surface area contributed by atoms with Crippen molar-refractivity contribution in [3.8, 4) is 5.75 Å². The molecule has 0 saturated heterocycles. The molecule has 0 unspecified atom stereocenters. The monoisotopic (exact) mass is 291 g/mol. The highest BCUT2D eigenvalue weighted by molar-refractivity contribution is 5.67. The van der Waals surface area contributed by atoms with Gasteiger partial charge in [0.15, 0.2) is 0 Å². The van der Waals surface area contributed by atoms with Crippen LogP contribution in [0.4, 0.5) is 4.79 Å². The number of amides is 1. The smallest absolute Gasteiger partial charge is 0.407 e. The Hall–Kier alpha value is -1.71. The number of carbonyl (C=O) groups excluding carboxylic acids is 1. The normalized spacial score (nSPS) is 15.6. The van der Waals surface area contributed by atoms with E-state index in [-0.39, 0.29) is 6.09 Å². The van der Waals surface area contributed by atoms with E-state index in [1.165, 1.54) is 24.8 Å². The highest BCUT2D eigenvalue weighted by atomic mass is 16.5. The third-order valence-electron chi connectivity index (χ3n) is 3.96. The number of ether oxygens (including phenoxy) is 1. The van der Waals surface area contributed by atoms with Gasteiger partial charge in [-0.15, -0.1) is 0 Å². The third kappa shape index (κ3) is 6.06. The number of phenolic OH excluding ortho intramolecular Hbond substituents is 1. The molecule has 4 nitrogen and oxygen atoms in total. The topological polar surface area (TPSA) is 58.6 Å². The second-order valence-electron chi connectivity index (χ2n) is 5.74. The first kappa shape index (κ1) is 15.7. The summed E-state index contributed by atoms with van der Waals surface area (Å²) in [5.41, 5.74) is 1.19. The highest BCUT2D eigenvalue weighted by Gasteiger charge is 2.15. The summed E-state index contributed by atoms with van der Waals surface area (Å²) in [7, 11) is 0. The molecule has 1 fully saturated rings. The first-order chi connectivity index (χ1) is 10.2. The van der Waals surface area contributed by atoms with Gasteiger partial charge in [0.05, 0.1) is 6.61 Å². The second kappa shape index (κ2) is 8.55. The zero-order valence-electron chi connectivity index (χ0n) is 12.5. The molecule has 2 N–H and O–H groups in total. The molecule has 116 valence electrons. The van der Waals surface area contributed by atoms with Gasteiger partial charge in [0, 0.05) is 6.04 Å². The first-order valence-electron chi connectivity index (χ1n) is 7.95. The van der Waals surface area contributed by atoms with E-state index in [4.69, 9.17) is 4.74 Å². The Morgan fingerprint density at radius 3 is 2.57 bits per heavy atom. The number of benzene rings is 1. The van der Waals surface area contributed by atoms with Crippen molar-refractivity contribution < 1.29 is 14.6 Å². The summed E-state index contributed by atoms with van der Waals surface area (Å²) in [6.45, 7) is 0.469. The van der Waals surface area contributed by atoms with Gasteiger partial charge in [-0.2, -0.15) is 0 Å². The molecule has 0 spiro atoms. The van der Waals surface area contributed by atoms with Crippen molar-refractivity contribution in [2.45, 2.75) is 57.4 Å². The van der Waals surface area contributed by atoms with E-state index < -0.39 is 0 Å². The maximum atomic E-state index is 11.6. The van der Waals surface area contributed by atoms with Crippen molar-refractivity contribution in [1.29, 1.82) is 0 Å². The summed E-state index contributed by atoms with van der Waals surface area (Å²) in [5.74, 6) is 0.293. The van der Waals surface area contributed by atoms with E-state index in [0.29, 0.717) is 18.4 Å². The molecular weight excluding hydrogens is 266 g/mol. The minimum Gasteiger partial charge on any atom is -0.508 e. The molecule has 1 aromatic carbocycles. The van der Waals surface area contributed by atoms with Crippen molar-refractivity contribution in [1.82, 2.24) is 5.32 Å². The predicted octanol–water partition coefficient (Wildman–Crippen LogP) is 3.77. The number of aromatic hydroxyl groups is 1. The van der Waals surface area contributed by atoms with Crippen molar-refractivity contribution >= 4 is 6.09 Å². The van der Waals surface area contributed by atoms with Gasteiger partial charge >= 0.3 is 6.09 Å². The summed E-state index contributed by atoms with van der Waals surface area (Å²) in [4.78, 5) is 11.6. The number of phenols is 1. The van der Waals surface area contributed by atoms with E-state index in [9.17, 15) is 9.90 Å². The number of rotatable bonds is 6. The van der Waals surface area contributed by atoms with Crippen molar-refractivity contribution in [2.24, 2.45) is 0 Å². The summed E-state index contributed by atoms with van der Waals surface area (Å²) in [5, 5.41) is 12.1. The fourth-order valence-corrected chi connectivity index (χ4v) is 2.71. The molecule has 0 heterocycles. The SMILES string of the molecule is O=C(NC1CCCCC1)OCCCCc1ccc(O)cc1. The number of unbranched alkanes of at least 4 members (excludes halogenated alkanes) is 1. The van der Waals surface area contributed by atoms with Crippen molar-refractivity contribution in [3.05, 3.63) is 29.8 Å². The van der Waals surface area contributed by atoms with Crippen molar-refractivity contribution in [2.75, 3.05) is 6.61 Å². The van der Waals surface area contributed by atoms with Crippen LogP contribution in [0.25, 0.3) is 0 Å². The zero-order chi connectivity index (χ0) is 14.9. The average Bonchev–Trinajstić information content (AvgIpc) is 2.50. The van der Waals surface area contributed by atoms with E-state index in [1.54, 1.807) is 12.1 Å². The Balaban J connectivity index is 1.52. The van der Waals surface area contributed by atoms with Crippen LogP contribution in [0.1, 0.15) is 50.5 Å². The lowest BCUT2D eigenvalue weighted by Gasteiger charge is -2.22. The van der Waals surface area contributed by atoms with Crippen LogP contribution >= 0.6 is 0 Å². The van der Waals surface area contributed by atoms with Crippen LogP contribution in [0.15, 0.2) is 24.3 Å². The summed E-state index contributed by atoms with van der Waals surface area (Å²) >= 11 is 0. The van der Waals surface area contributed by atoms with Gasteiger partial charge in [-0.3, -0.25) is 0 Å². The molecule has 4 heteroatoms. The molecular formula is C17H25NO3. The molecule has 0 radical (unpaired) electrons. The van der Waals surface area contributed by atoms with Gasteiger partial charge < -0.3 is 15.2 Å². The Kier molecular flexibility index (Phi) is 6.38. The molecule has 0 aromatic heterocycles. The van der Waals surface area contributed by atoms with Crippen LogP contribution in [0.3, 0.4) is 0 Å². The van der Waals surface area contributed by atoms with Gasteiger partial charge in [0.1, 0.15) is 5.75 Å². The van der Waals surface area contributed by atoms with Gasteiger partial charge in [-0.05, 0) is 49.8 Å². The third-order valence-corrected chi connectivity index (χ3v) is 3.96. The lowest BCUT2D eigenvalue weighted by atomic mass is 9.96. The summed E-state index contributed by atoms with van der Waals surface area (Å²) in [6, 6.07) is 7.55. The quantitative estimate of drug-likeness (QED) is 0.784. The van der Waals surface area contributed by atoms with Gasteiger partial charge in [0.2, 0.25) is 0 Å². The highest BCUT2D eigenvalue weighted by Crippen LogP contribution is 2.17. The fraction of sp³-hybridized carbons (Fsp3) is 0.588. The number of hydrogen-bond donors (Lipinski definition) is 2. The molecule has 1 aromatic rings. The molecule has 0 aliphatic heterocycles. The van der Waals surface area contributed by atoms with Crippen LogP contribution in [0.2, 0.25) is 0 Å². The Labute approximate surface area is 126 Å². The first-order valence-corrected chi connectivity index (χ1v) is 7.95. The van der Waals surface area contributed by atoms with Crippen LogP contribution in [0.5, 0.6) is 5.75 Å². The van der Waals surface area contributed by atoms with E-state index in [1.807, 2.05) is 12.1 Å². The minimum atomic E-state index is -0.272. The molecule has 1 aliphatic rings. The largest absolute Gasteiger partial charge is 0.508 e. The number of aryl methyl sites for hydroxylation is 1. The van der Waals surface area contributed by atoms with E-state index >= 15 is 0 Å². The summed E-state index contributed by atoms with van der Waals surface area (Å²) in [6.07, 6.45) is 8.35. The van der Waals surface area contributed by atoms with Crippen LogP contribution in [-0.4, -0.2) is 23.8 Å². The zero-order valence-corrected chi connectivity index (χ0v) is 12.5. The Bertz CT molecular complexity index is 424. The van der Waals surface area contributed by atoms with E-state index in [0.717, 1.165) is 32.1 Å². The Morgan fingerprint density at radius 2 is 1.86 bits per heavy atom. The van der Waals surface area contributed by atoms with Gasteiger partial charge in [-0.25, -0.2) is 4.79 Å². The average molecular weight is 291 g/mol. The Morgan fingerprint density at radius 1 is 1.14 bits per heavy atom. The molecule has 1 amide bonds. The maximum absolute atomic E-state index is 11.6. The number of alkyl carbamates (subject to hydrolysis) is 1. The number of carbonyl (C=O) groups is 1. The number of hydrogen-bond acceptors (Lipinski definition) is 3. The molecule has 1 saturated carbocycles.